The minimum Gasteiger partial charge on any atom is -0.367 e. The van der Waals surface area contributed by atoms with Gasteiger partial charge in [0.1, 0.15) is 0 Å². The maximum absolute atomic E-state index is 12.2. The highest BCUT2D eigenvalue weighted by molar-refractivity contribution is 7.99. The van der Waals surface area contributed by atoms with Crippen LogP contribution in [0.15, 0.2) is 29.2 Å². The first-order chi connectivity index (χ1) is 11.0. The lowest BCUT2D eigenvalue weighted by Crippen LogP contribution is -2.54. The van der Waals surface area contributed by atoms with E-state index in [0.29, 0.717) is 13.2 Å². The van der Waals surface area contributed by atoms with Crippen LogP contribution in [0.3, 0.4) is 0 Å². The summed E-state index contributed by atoms with van der Waals surface area (Å²) >= 11 is 1.70. The number of urea groups is 1. The van der Waals surface area contributed by atoms with E-state index < -0.39 is 12.0 Å². The zero-order valence-electron chi connectivity index (χ0n) is 13.5. The molecule has 0 radical (unpaired) electrons. The topological polar surface area (TPSA) is 84.7 Å². The number of thioether (sulfide) groups is 1. The molecule has 6 nitrogen and oxygen atoms in total. The van der Waals surface area contributed by atoms with Crippen LogP contribution in [0.4, 0.5) is 4.79 Å². The maximum atomic E-state index is 12.2. The minimum atomic E-state index is -0.716. The van der Waals surface area contributed by atoms with E-state index in [4.69, 9.17) is 10.5 Å². The highest BCUT2D eigenvalue weighted by Gasteiger charge is 2.28. The van der Waals surface area contributed by atoms with Crippen molar-refractivity contribution in [2.45, 2.75) is 30.9 Å². The molecule has 1 heterocycles. The van der Waals surface area contributed by atoms with Crippen molar-refractivity contribution in [1.29, 1.82) is 0 Å². The van der Waals surface area contributed by atoms with Crippen LogP contribution in [0.5, 0.6) is 0 Å². The third-order valence-electron chi connectivity index (χ3n) is 3.56. The number of carbonyl (C=O) groups is 2. The number of hydrogen-bond acceptors (Lipinski definition) is 4. The molecule has 1 aliphatic rings. The van der Waals surface area contributed by atoms with Crippen molar-refractivity contribution < 1.29 is 14.3 Å². The summed E-state index contributed by atoms with van der Waals surface area (Å²) in [6, 6.07) is 8.13. The summed E-state index contributed by atoms with van der Waals surface area (Å²) in [7, 11) is 0. The van der Waals surface area contributed by atoms with Gasteiger partial charge in [0.25, 0.3) is 0 Å². The number of morpholine rings is 1. The zero-order valence-corrected chi connectivity index (χ0v) is 14.3. The first kappa shape index (κ1) is 17.6. The summed E-state index contributed by atoms with van der Waals surface area (Å²) in [6.45, 7) is 5.02. The molecule has 0 bridgehead atoms. The van der Waals surface area contributed by atoms with Crippen molar-refractivity contribution in [1.82, 2.24) is 10.2 Å². The van der Waals surface area contributed by atoms with Crippen LogP contribution in [0.1, 0.15) is 12.5 Å². The number of carbonyl (C=O) groups excluding carboxylic acids is 2. The van der Waals surface area contributed by atoms with Gasteiger partial charge in [0.05, 0.1) is 13.2 Å². The lowest BCUT2D eigenvalue weighted by molar-refractivity contribution is -0.133. The molecule has 7 heteroatoms. The van der Waals surface area contributed by atoms with E-state index in [1.807, 2.05) is 6.92 Å². The normalized spacial score (nSPS) is 19.2. The number of amides is 3. The largest absolute Gasteiger partial charge is 0.367 e. The van der Waals surface area contributed by atoms with Crippen molar-refractivity contribution >= 4 is 23.7 Å². The number of hydrogen-bond donors (Lipinski definition) is 2. The van der Waals surface area contributed by atoms with Gasteiger partial charge in [-0.25, -0.2) is 4.79 Å². The number of rotatable bonds is 5. The first-order valence-corrected chi connectivity index (χ1v) is 8.60. The Morgan fingerprint density at radius 2 is 2.13 bits per heavy atom. The second-order valence-electron chi connectivity index (χ2n) is 5.68. The highest BCUT2D eigenvalue weighted by Crippen LogP contribution is 2.19. The van der Waals surface area contributed by atoms with Gasteiger partial charge in [-0.05, 0) is 26.0 Å². The Bertz CT molecular complexity index is 550. The number of nitrogens with zero attached hydrogens (tertiary/aromatic N) is 1. The molecule has 0 spiro atoms. The SMILES string of the molecule is Cc1ccc(SC[C@H](C)NC(=O)N2CCO[C@@H](C(N)=O)C2)cc1. The number of primary amides is 1. The van der Waals surface area contributed by atoms with Gasteiger partial charge in [-0.3, -0.25) is 4.79 Å². The van der Waals surface area contributed by atoms with Crippen LogP contribution >= 0.6 is 11.8 Å². The molecule has 1 fully saturated rings. The van der Waals surface area contributed by atoms with Gasteiger partial charge in [-0.1, -0.05) is 17.7 Å². The Morgan fingerprint density at radius 3 is 2.78 bits per heavy atom. The van der Waals surface area contributed by atoms with Crippen molar-refractivity contribution in [3.05, 3.63) is 29.8 Å². The van der Waals surface area contributed by atoms with E-state index in [1.54, 1.807) is 16.7 Å². The molecule has 2 rings (SSSR count). The Hall–Kier alpha value is -1.73. The van der Waals surface area contributed by atoms with Gasteiger partial charge in [-0.2, -0.15) is 0 Å². The third-order valence-corrected chi connectivity index (χ3v) is 4.83. The first-order valence-electron chi connectivity index (χ1n) is 7.61. The van der Waals surface area contributed by atoms with Crippen LogP contribution in [0, 0.1) is 6.92 Å². The molecular formula is C16H23N3O3S. The fourth-order valence-corrected chi connectivity index (χ4v) is 3.06. The second-order valence-corrected chi connectivity index (χ2v) is 6.78. The fourth-order valence-electron chi connectivity index (χ4n) is 2.21. The average Bonchev–Trinajstić information content (AvgIpc) is 2.54. The summed E-state index contributed by atoms with van der Waals surface area (Å²) in [6.07, 6.45) is -0.716. The fraction of sp³-hybridized carbons (Fsp3) is 0.500. The third kappa shape index (κ3) is 5.44. The van der Waals surface area contributed by atoms with Crippen molar-refractivity contribution in [2.75, 3.05) is 25.4 Å². The number of benzene rings is 1. The number of aryl methyl sites for hydroxylation is 1. The lowest BCUT2D eigenvalue weighted by atomic mass is 10.2. The summed E-state index contributed by atoms with van der Waals surface area (Å²) in [5.74, 6) is 0.240. The van der Waals surface area contributed by atoms with Gasteiger partial charge in [-0.15, -0.1) is 11.8 Å². The quantitative estimate of drug-likeness (QED) is 0.795. The molecule has 0 unspecified atom stereocenters. The van der Waals surface area contributed by atoms with Crippen molar-refractivity contribution in [3.8, 4) is 0 Å². The number of nitrogens with two attached hydrogens (primary N) is 1. The predicted octanol–water partition coefficient (Wildman–Crippen LogP) is 1.37. The molecule has 23 heavy (non-hydrogen) atoms. The highest BCUT2D eigenvalue weighted by atomic mass is 32.2. The van der Waals surface area contributed by atoms with E-state index in [9.17, 15) is 9.59 Å². The van der Waals surface area contributed by atoms with Gasteiger partial charge < -0.3 is 20.7 Å². The smallest absolute Gasteiger partial charge is 0.317 e. The van der Waals surface area contributed by atoms with E-state index in [1.165, 1.54) is 10.5 Å². The molecule has 0 aromatic heterocycles. The summed E-state index contributed by atoms with van der Waals surface area (Å²) in [5, 5.41) is 2.95. The van der Waals surface area contributed by atoms with E-state index >= 15 is 0 Å². The maximum Gasteiger partial charge on any atom is 0.317 e. The van der Waals surface area contributed by atoms with Crippen LogP contribution in [0.2, 0.25) is 0 Å². The zero-order chi connectivity index (χ0) is 16.8. The minimum absolute atomic E-state index is 0.0173. The Labute approximate surface area is 140 Å². The van der Waals surface area contributed by atoms with Crippen LogP contribution in [-0.4, -0.2) is 54.4 Å². The van der Waals surface area contributed by atoms with Gasteiger partial charge in [0.15, 0.2) is 6.10 Å². The van der Waals surface area contributed by atoms with Gasteiger partial charge in [0, 0.05) is 23.2 Å². The number of ether oxygens (including phenoxy) is 1. The van der Waals surface area contributed by atoms with Crippen molar-refractivity contribution in [2.24, 2.45) is 5.73 Å². The van der Waals surface area contributed by atoms with E-state index in [2.05, 4.69) is 36.5 Å². The lowest BCUT2D eigenvalue weighted by Gasteiger charge is -2.32. The second kappa shape index (κ2) is 8.21. The summed E-state index contributed by atoms with van der Waals surface area (Å²) in [5.41, 5.74) is 6.46. The molecule has 1 aromatic rings. The predicted molar refractivity (Wildman–Crippen MR) is 90.4 cm³/mol. The Balaban J connectivity index is 1.77. The molecule has 3 amide bonds. The van der Waals surface area contributed by atoms with Gasteiger partial charge in [0.2, 0.25) is 5.91 Å². The molecule has 3 N–H and O–H groups in total. The molecule has 1 saturated heterocycles. The summed E-state index contributed by atoms with van der Waals surface area (Å²) < 4.78 is 5.24. The van der Waals surface area contributed by atoms with E-state index in [0.717, 1.165) is 5.75 Å². The van der Waals surface area contributed by atoms with Gasteiger partial charge >= 0.3 is 6.03 Å². The molecule has 0 aliphatic carbocycles. The molecule has 1 aromatic carbocycles. The van der Waals surface area contributed by atoms with E-state index in [-0.39, 0.29) is 18.6 Å². The monoisotopic (exact) mass is 337 g/mol. The van der Waals surface area contributed by atoms with Crippen LogP contribution < -0.4 is 11.1 Å². The van der Waals surface area contributed by atoms with Crippen molar-refractivity contribution in [3.63, 3.8) is 0 Å². The molecule has 0 saturated carbocycles. The Morgan fingerprint density at radius 1 is 1.43 bits per heavy atom. The van der Waals surface area contributed by atoms with Crippen LogP contribution in [0.25, 0.3) is 0 Å². The Kier molecular flexibility index (Phi) is 6.29. The number of nitrogens with one attached hydrogen (secondary N) is 1. The standard InChI is InChI=1S/C16H23N3O3S/c1-11-3-5-13(6-4-11)23-10-12(2)18-16(21)19-7-8-22-14(9-19)15(17)20/h3-6,12,14H,7-10H2,1-2H3,(H2,17,20)(H,18,21)/t12-,14+/m0/s1. The summed E-state index contributed by atoms with van der Waals surface area (Å²) in [4.78, 5) is 26.1. The average molecular weight is 337 g/mol. The molecule has 2 atom stereocenters. The molecular weight excluding hydrogens is 314 g/mol. The molecule has 126 valence electrons. The van der Waals surface area contributed by atoms with Crippen LogP contribution in [-0.2, 0) is 9.53 Å². The molecule has 1 aliphatic heterocycles.